The summed E-state index contributed by atoms with van der Waals surface area (Å²) in [5.74, 6) is 1.33. The summed E-state index contributed by atoms with van der Waals surface area (Å²) in [6.45, 7) is 4.22. The molecule has 0 heterocycles. The first-order chi connectivity index (χ1) is 9.78. The van der Waals surface area contributed by atoms with Gasteiger partial charge in [0.2, 0.25) is 0 Å². The van der Waals surface area contributed by atoms with Crippen LogP contribution in [-0.4, -0.2) is 31.7 Å². The molecule has 5 heteroatoms. The zero-order valence-electron chi connectivity index (χ0n) is 11.9. The molecule has 1 aromatic rings. The SMILES string of the molecule is CCNC(=NCCCOc1ccc(F)cc1)NC1CC1. The number of hydrogen-bond donors (Lipinski definition) is 2. The van der Waals surface area contributed by atoms with Crippen molar-refractivity contribution in [2.24, 2.45) is 4.99 Å². The van der Waals surface area contributed by atoms with Gasteiger partial charge in [0.25, 0.3) is 0 Å². The lowest BCUT2D eigenvalue weighted by Gasteiger charge is -2.10. The van der Waals surface area contributed by atoms with Crippen LogP contribution in [0.1, 0.15) is 26.2 Å². The molecule has 0 bridgehead atoms. The van der Waals surface area contributed by atoms with Crippen LogP contribution < -0.4 is 15.4 Å². The fourth-order valence-electron chi connectivity index (χ4n) is 1.72. The summed E-state index contributed by atoms with van der Waals surface area (Å²) in [6, 6.07) is 6.67. The lowest BCUT2D eigenvalue weighted by Crippen LogP contribution is -2.38. The average molecular weight is 279 g/mol. The maximum absolute atomic E-state index is 12.7. The number of guanidine groups is 1. The van der Waals surface area contributed by atoms with Gasteiger partial charge in [0.05, 0.1) is 6.61 Å². The summed E-state index contributed by atoms with van der Waals surface area (Å²) in [4.78, 5) is 4.49. The molecule has 2 N–H and O–H groups in total. The van der Waals surface area contributed by atoms with Crippen LogP contribution in [0.15, 0.2) is 29.3 Å². The van der Waals surface area contributed by atoms with Crippen molar-refractivity contribution in [3.8, 4) is 5.75 Å². The van der Waals surface area contributed by atoms with Crippen LogP contribution in [0.5, 0.6) is 5.75 Å². The van der Waals surface area contributed by atoms with E-state index in [1.807, 2.05) is 0 Å². The Morgan fingerprint density at radius 1 is 1.35 bits per heavy atom. The molecule has 0 radical (unpaired) electrons. The number of ether oxygens (including phenoxy) is 1. The van der Waals surface area contributed by atoms with Gasteiger partial charge >= 0.3 is 0 Å². The van der Waals surface area contributed by atoms with E-state index in [1.54, 1.807) is 12.1 Å². The van der Waals surface area contributed by atoms with E-state index in [0.29, 0.717) is 24.9 Å². The fourth-order valence-corrected chi connectivity index (χ4v) is 1.72. The van der Waals surface area contributed by atoms with Crippen LogP contribution in [0.4, 0.5) is 4.39 Å². The molecule has 0 amide bonds. The molecule has 20 heavy (non-hydrogen) atoms. The summed E-state index contributed by atoms with van der Waals surface area (Å²) in [5, 5.41) is 6.59. The maximum Gasteiger partial charge on any atom is 0.191 e. The highest BCUT2D eigenvalue weighted by Gasteiger charge is 2.21. The zero-order chi connectivity index (χ0) is 14.2. The zero-order valence-corrected chi connectivity index (χ0v) is 11.9. The third-order valence-corrected chi connectivity index (χ3v) is 2.92. The molecule has 0 unspecified atom stereocenters. The highest BCUT2D eigenvalue weighted by molar-refractivity contribution is 5.80. The molecule has 0 atom stereocenters. The topological polar surface area (TPSA) is 45.7 Å². The normalized spacial score (nSPS) is 15.0. The van der Waals surface area contributed by atoms with Gasteiger partial charge in [-0.05, 0) is 44.0 Å². The van der Waals surface area contributed by atoms with Gasteiger partial charge in [-0.2, -0.15) is 0 Å². The number of nitrogens with one attached hydrogen (secondary N) is 2. The summed E-state index contributed by atoms with van der Waals surface area (Å²) in [7, 11) is 0. The number of benzene rings is 1. The summed E-state index contributed by atoms with van der Waals surface area (Å²) >= 11 is 0. The van der Waals surface area contributed by atoms with Crippen molar-refractivity contribution in [2.75, 3.05) is 19.7 Å². The Morgan fingerprint density at radius 3 is 2.75 bits per heavy atom. The van der Waals surface area contributed by atoms with Gasteiger partial charge in [-0.15, -0.1) is 0 Å². The number of hydrogen-bond acceptors (Lipinski definition) is 2. The predicted octanol–water partition coefficient (Wildman–Crippen LogP) is 2.31. The third-order valence-electron chi connectivity index (χ3n) is 2.92. The first kappa shape index (κ1) is 14.6. The Bertz CT molecular complexity index is 429. The Hall–Kier alpha value is -1.78. The number of rotatable bonds is 7. The van der Waals surface area contributed by atoms with Crippen molar-refractivity contribution in [3.63, 3.8) is 0 Å². The molecule has 1 saturated carbocycles. The highest BCUT2D eigenvalue weighted by atomic mass is 19.1. The average Bonchev–Trinajstić information content (AvgIpc) is 3.24. The Balaban J connectivity index is 1.64. The van der Waals surface area contributed by atoms with Crippen molar-refractivity contribution in [1.29, 1.82) is 0 Å². The quantitative estimate of drug-likeness (QED) is 0.457. The third kappa shape index (κ3) is 5.47. The Morgan fingerprint density at radius 2 is 2.10 bits per heavy atom. The van der Waals surface area contributed by atoms with Crippen LogP contribution in [0.25, 0.3) is 0 Å². The minimum absolute atomic E-state index is 0.247. The number of halogens is 1. The van der Waals surface area contributed by atoms with Crippen LogP contribution >= 0.6 is 0 Å². The molecule has 0 spiro atoms. The van der Waals surface area contributed by atoms with Gasteiger partial charge in [-0.25, -0.2) is 4.39 Å². The first-order valence-corrected chi connectivity index (χ1v) is 7.21. The van der Waals surface area contributed by atoms with Crippen LogP contribution in [0.2, 0.25) is 0 Å². The van der Waals surface area contributed by atoms with Crippen molar-refractivity contribution in [1.82, 2.24) is 10.6 Å². The molecule has 0 aromatic heterocycles. The van der Waals surface area contributed by atoms with E-state index in [1.165, 1.54) is 25.0 Å². The van der Waals surface area contributed by atoms with E-state index in [9.17, 15) is 4.39 Å². The smallest absolute Gasteiger partial charge is 0.191 e. The maximum atomic E-state index is 12.7. The van der Waals surface area contributed by atoms with E-state index >= 15 is 0 Å². The van der Waals surface area contributed by atoms with E-state index in [4.69, 9.17) is 4.74 Å². The van der Waals surface area contributed by atoms with Gasteiger partial charge in [0, 0.05) is 25.6 Å². The Labute approximate surface area is 119 Å². The van der Waals surface area contributed by atoms with Crippen LogP contribution in [0.3, 0.4) is 0 Å². The molecule has 4 nitrogen and oxygen atoms in total. The monoisotopic (exact) mass is 279 g/mol. The minimum Gasteiger partial charge on any atom is -0.494 e. The van der Waals surface area contributed by atoms with Crippen molar-refractivity contribution >= 4 is 5.96 Å². The molecule has 1 aliphatic rings. The van der Waals surface area contributed by atoms with E-state index < -0.39 is 0 Å². The summed E-state index contributed by atoms with van der Waals surface area (Å²) < 4.78 is 18.2. The first-order valence-electron chi connectivity index (χ1n) is 7.21. The largest absolute Gasteiger partial charge is 0.494 e. The predicted molar refractivity (Wildman–Crippen MR) is 78.6 cm³/mol. The molecular weight excluding hydrogens is 257 g/mol. The van der Waals surface area contributed by atoms with Crippen LogP contribution in [-0.2, 0) is 0 Å². The van der Waals surface area contributed by atoms with Gasteiger partial charge in [0.15, 0.2) is 5.96 Å². The molecule has 0 saturated heterocycles. The molecule has 1 fully saturated rings. The molecular formula is C15H22FN3O. The van der Waals surface area contributed by atoms with Crippen molar-refractivity contribution in [3.05, 3.63) is 30.1 Å². The molecule has 110 valence electrons. The van der Waals surface area contributed by atoms with Crippen molar-refractivity contribution in [2.45, 2.75) is 32.2 Å². The van der Waals surface area contributed by atoms with Gasteiger partial charge in [-0.1, -0.05) is 0 Å². The second kappa shape index (κ2) is 7.72. The number of aliphatic imine (C=N–C) groups is 1. The summed E-state index contributed by atoms with van der Waals surface area (Å²) in [5.41, 5.74) is 0. The lowest BCUT2D eigenvalue weighted by molar-refractivity contribution is 0.313. The Kier molecular flexibility index (Phi) is 5.65. The van der Waals surface area contributed by atoms with Crippen LogP contribution in [0, 0.1) is 5.82 Å². The summed E-state index contributed by atoms with van der Waals surface area (Å²) in [6.07, 6.45) is 3.30. The molecule has 2 rings (SSSR count). The van der Waals surface area contributed by atoms with E-state index in [-0.39, 0.29) is 5.82 Å². The molecule has 1 aromatic carbocycles. The van der Waals surface area contributed by atoms with E-state index in [2.05, 4.69) is 22.5 Å². The van der Waals surface area contributed by atoms with Gasteiger partial charge in [-0.3, -0.25) is 4.99 Å². The van der Waals surface area contributed by atoms with Gasteiger partial charge < -0.3 is 15.4 Å². The minimum atomic E-state index is -0.247. The second-order valence-corrected chi connectivity index (χ2v) is 4.84. The second-order valence-electron chi connectivity index (χ2n) is 4.84. The highest BCUT2D eigenvalue weighted by Crippen LogP contribution is 2.18. The van der Waals surface area contributed by atoms with Gasteiger partial charge in [0.1, 0.15) is 11.6 Å². The number of nitrogens with zero attached hydrogens (tertiary/aromatic N) is 1. The van der Waals surface area contributed by atoms with Crippen molar-refractivity contribution < 1.29 is 9.13 Å². The lowest BCUT2D eigenvalue weighted by atomic mass is 10.3. The van der Waals surface area contributed by atoms with E-state index in [0.717, 1.165) is 18.9 Å². The molecule has 0 aliphatic heterocycles. The standard InChI is InChI=1S/C15H22FN3O/c1-2-17-15(19-13-6-7-13)18-10-3-11-20-14-8-4-12(16)5-9-14/h4-5,8-9,13H,2-3,6-7,10-11H2,1H3,(H2,17,18,19). The fraction of sp³-hybridized carbons (Fsp3) is 0.533. The molecule has 1 aliphatic carbocycles.